The van der Waals surface area contributed by atoms with Gasteiger partial charge in [0, 0.05) is 29.7 Å². The first-order chi connectivity index (χ1) is 9.56. The molecule has 0 amide bonds. The molecule has 2 rings (SSSR count). The molecule has 1 aliphatic rings. The average molecular weight is 342 g/mol. The largest absolute Gasteiger partial charge is 0.364 e. The SMILES string of the molecule is CCN(CC)C1CCN(c2cc(Br)ccc2[N+](=O)[O-])C1. The quantitative estimate of drug-likeness (QED) is 0.609. The van der Waals surface area contributed by atoms with Gasteiger partial charge in [-0.25, -0.2) is 0 Å². The summed E-state index contributed by atoms with van der Waals surface area (Å²) in [6.07, 6.45) is 1.06. The normalized spacial score (nSPS) is 18.8. The first-order valence-corrected chi connectivity index (χ1v) is 7.79. The van der Waals surface area contributed by atoms with Crippen molar-refractivity contribution >= 4 is 27.3 Å². The van der Waals surface area contributed by atoms with Crippen LogP contribution in [0.2, 0.25) is 0 Å². The maximum atomic E-state index is 11.2. The first kappa shape index (κ1) is 15.3. The molecule has 1 fully saturated rings. The van der Waals surface area contributed by atoms with Crippen LogP contribution in [0.4, 0.5) is 11.4 Å². The van der Waals surface area contributed by atoms with Crippen LogP contribution in [0.25, 0.3) is 0 Å². The predicted octanol–water partition coefficient (Wildman–Crippen LogP) is 3.28. The maximum absolute atomic E-state index is 11.2. The van der Waals surface area contributed by atoms with E-state index >= 15 is 0 Å². The number of hydrogen-bond donors (Lipinski definition) is 0. The summed E-state index contributed by atoms with van der Waals surface area (Å²) in [4.78, 5) is 15.4. The van der Waals surface area contributed by atoms with Crippen molar-refractivity contribution in [2.45, 2.75) is 26.3 Å². The molecule has 5 nitrogen and oxygen atoms in total. The van der Waals surface area contributed by atoms with Crippen LogP contribution in [0.15, 0.2) is 22.7 Å². The molecular formula is C14H20BrN3O2. The number of nitrogens with zero attached hydrogens (tertiary/aromatic N) is 3. The number of nitro benzene ring substituents is 1. The smallest absolute Gasteiger partial charge is 0.292 e. The number of anilines is 1. The highest BCUT2D eigenvalue weighted by atomic mass is 79.9. The van der Waals surface area contributed by atoms with E-state index in [4.69, 9.17) is 0 Å². The molecule has 1 saturated heterocycles. The van der Waals surface area contributed by atoms with Gasteiger partial charge in [-0.15, -0.1) is 0 Å². The molecule has 1 aromatic rings. The van der Waals surface area contributed by atoms with Crippen LogP contribution in [0, 0.1) is 10.1 Å². The Hall–Kier alpha value is -1.14. The number of benzene rings is 1. The molecule has 1 aromatic carbocycles. The second kappa shape index (κ2) is 6.54. The number of hydrogen-bond acceptors (Lipinski definition) is 4. The maximum Gasteiger partial charge on any atom is 0.292 e. The standard InChI is InChI=1S/C14H20BrN3O2/c1-3-16(4-2)12-7-8-17(10-12)14-9-11(15)5-6-13(14)18(19)20/h5-6,9,12H,3-4,7-8,10H2,1-2H3. The molecule has 20 heavy (non-hydrogen) atoms. The van der Waals surface area contributed by atoms with Gasteiger partial charge in [0.2, 0.25) is 0 Å². The molecule has 1 heterocycles. The summed E-state index contributed by atoms with van der Waals surface area (Å²) in [5.41, 5.74) is 0.910. The van der Waals surface area contributed by atoms with Crippen molar-refractivity contribution < 1.29 is 4.92 Å². The lowest BCUT2D eigenvalue weighted by Crippen LogP contribution is -2.37. The zero-order chi connectivity index (χ0) is 14.7. The summed E-state index contributed by atoms with van der Waals surface area (Å²) in [5.74, 6) is 0. The number of halogens is 1. The molecule has 0 bridgehead atoms. The lowest BCUT2D eigenvalue weighted by molar-refractivity contribution is -0.384. The Kier molecular flexibility index (Phi) is 4.99. The lowest BCUT2D eigenvalue weighted by Gasteiger charge is -2.26. The molecule has 0 N–H and O–H groups in total. The van der Waals surface area contributed by atoms with Crippen LogP contribution in [0.5, 0.6) is 0 Å². The van der Waals surface area contributed by atoms with Crippen molar-refractivity contribution in [3.8, 4) is 0 Å². The van der Waals surface area contributed by atoms with Gasteiger partial charge < -0.3 is 4.90 Å². The Morgan fingerprint density at radius 2 is 2.15 bits per heavy atom. The third kappa shape index (κ3) is 3.12. The van der Waals surface area contributed by atoms with Gasteiger partial charge in [-0.2, -0.15) is 0 Å². The summed E-state index contributed by atoms with van der Waals surface area (Å²) in [6.45, 7) is 8.10. The topological polar surface area (TPSA) is 49.6 Å². The number of nitro groups is 1. The Balaban J connectivity index is 2.21. The monoisotopic (exact) mass is 341 g/mol. The molecular weight excluding hydrogens is 322 g/mol. The summed E-state index contributed by atoms with van der Waals surface area (Å²) in [6, 6.07) is 5.63. The van der Waals surface area contributed by atoms with E-state index in [1.165, 1.54) is 0 Å². The van der Waals surface area contributed by atoms with E-state index in [0.717, 1.165) is 42.8 Å². The Morgan fingerprint density at radius 3 is 2.75 bits per heavy atom. The Bertz CT molecular complexity index is 491. The van der Waals surface area contributed by atoms with Crippen molar-refractivity contribution in [3.05, 3.63) is 32.8 Å². The number of rotatable bonds is 5. The summed E-state index contributed by atoms with van der Waals surface area (Å²) >= 11 is 3.40. The minimum atomic E-state index is -0.299. The van der Waals surface area contributed by atoms with Crippen LogP contribution in [0.1, 0.15) is 20.3 Å². The third-order valence-electron chi connectivity index (χ3n) is 3.97. The molecule has 1 atom stereocenters. The van der Waals surface area contributed by atoms with Gasteiger partial charge in [0.05, 0.1) is 4.92 Å². The van der Waals surface area contributed by atoms with Gasteiger partial charge in [-0.3, -0.25) is 15.0 Å². The molecule has 110 valence electrons. The summed E-state index contributed by atoms with van der Waals surface area (Å²) in [5, 5.41) is 11.2. The fraction of sp³-hybridized carbons (Fsp3) is 0.571. The van der Waals surface area contributed by atoms with E-state index in [2.05, 4.69) is 39.6 Å². The van der Waals surface area contributed by atoms with Crippen molar-refractivity contribution in [3.63, 3.8) is 0 Å². The molecule has 0 spiro atoms. The van der Waals surface area contributed by atoms with Gasteiger partial charge >= 0.3 is 0 Å². The summed E-state index contributed by atoms with van der Waals surface area (Å²) in [7, 11) is 0. The van der Waals surface area contributed by atoms with Crippen molar-refractivity contribution in [2.75, 3.05) is 31.1 Å². The Morgan fingerprint density at radius 1 is 1.45 bits per heavy atom. The van der Waals surface area contributed by atoms with Gasteiger partial charge in [-0.05, 0) is 31.6 Å². The van der Waals surface area contributed by atoms with Crippen molar-refractivity contribution in [1.82, 2.24) is 4.90 Å². The highest BCUT2D eigenvalue weighted by Crippen LogP contribution is 2.34. The zero-order valence-electron chi connectivity index (χ0n) is 11.9. The fourth-order valence-electron chi connectivity index (χ4n) is 2.90. The van der Waals surface area contributed by atoms with E-state index < -0.39 is 0 Å². The minimum absolute atomic E-state index is 0.188. The molecule has 0 saturated carbocycles. The molecule has 1 aliphatic heterocycles. The van der Waals surface area contributed by atoms with Crippen LogP contribution < -0.4 is 4.90 Å². The Labute approximate surface area is 127 Å². The molecule has 0 aromatic heterocycles. The fourth-order valence-corrected chi connectivity index (χ4v) is 3.25. The second-order valence-electron chi connectivity index (χ2n) is 5.00. The molecule has 1 unspecified atom stereocenters. The van der Waals surface area contributed by atoms with E-state index in [1.807, 2.05) is 6.07 Å². The van der Waals surface area contributed by atoms with Gasteiger partial charge in [0.25, 0.3) is 5.69 Å². The lowest BCUT2D eigenvalue weighted by atomic mass is 10.2. The van der Waals surface area contributed by atoms with Gasteiger partial charge in [0.15, 0.2) is 0 Å². The summed E-state index contributed by atoms with van der Waals surface area (Å²) < 4.78 is 0.879. The van der Waals surface area contributed by atoms with Crippen LogP contribution in [-0.2, 0) is 0 Å². The third-order valence-corrected chi connectivity index (χ3v) is 4.46. The molecule has 0 aliphatic carbocycles. The van der Waals surface area contributed by atoms with E-state index in [-0.39, 0.29) is 10.6 Å². The van der Waals surface area contributed by atoms with Crippen LogP contribution >= 0.6 is 15.9 Å². The van der Waals surface area contributed by atoms with Crippen molar-refractivity contribution in [2.24, 2.45) is 0 Å². The zero-order valence-corrected chi connectivity index (χ0v) is 13.5. The number of likely N-dealkylation sites (N-methyl/N-ethyl adjacent to an activating group) is 1. The predicted molar refractivity (Wildman–Crippen MR) is 84.3 cm³/mol. The van der Waals surface area contributed by atoms with E-state index in [0.29, 0.717) is 6.04 Å². The first-order valence-electron chi connectivity index (χ1n) is 6.99. The second-order valence-corrected chi connectivity index (χ2v) is 5.92. The van der Waals surface area contributed by atoms with Crippen LogP contribution in [-0.4, -0.2) is 42.0 Å². The van der Waals surface area contributed by atoms with Gasteiger partial charge in [-0.1, -0.05) is 29.8 Å². The van der Waals surface area contributed by atoms with Crippen LogP contribution in [0.3, 0.4) is 0 Å². The highest BCUT2D eigenvalue weighted by molar-refractivity contribution is 9.10. The van der Waals surface area contributed by atoms with E-state index in [1.54, 1.807) is 12.1 Å². The van der Waals surface area contributed by atoms with Gasteiger partial charge in [0.1, 0.15) is 5.69 Å². The van der Waals surface area contributed by atoms with E-state index in [9.17, 15) is 10.1 Å². The minimum Gasteiger partial charge on any atom is -0.364 e. The van der Waals surface area contributed by atoms with Crippen molar-refractivity contribution in [1.29, 1.82) is 0 Å². The molecule has 6 heteroatoms. The average Bonchev–Trinajstić information content (AvgIpc) is 2.89. The highest BCUT2D eigenvalue weighted by Gasteiger charge is 2.30. The molecule has 0 radical (unpaired) electrons.